The average Bonchev–Trinajstić information content (AvgIpc) is 3.62. The fourth-order valence-electron chi connectivity index (χ4n) is 11.7. The Labute approximate surface area is 390 Å². The van der Waals surface area contributed by atoms with Gasteiger partial charge in [-0.3, -0.25) is 0 Å². The molecule has 0 heterocycles. The van der Waals surface area contributed by atoms with Gasteiger partial charge in [0.15, 0.2) is 0 Å². The molecule has 312 valence electrons. The van der Waals surface area contributed by atoms with E-state index in [9.17, 15) is 0 Å². The normalized spacial score (nSPS) is 13.0. The fraction of sp³-hybridized carbons (Fsp3) is 0.0448. The lowest BCUT2D eigenvalue weighted by Crippen LogP contribution is -2.14. The Morgan fingerprint density at radius 1 is 0.209 bits per heavy atom. The van der Waals surface area contributed by atoms with Gasteiger partial charge in [-0.25, -0.2) is 0 Å². The molecule has 0 saturated carbocycles. The van der Waals surface area contributed by atoms with Gasteiger partial charge in [0.1, 0.15) is 0 Å². The van der Waals surface area contributed by atoms with Gasteiger partial charge in [-0.2, -0.15) is 0 Å². The highest BCUT2D eigenvalue weighted by Crippen LogP contribution is 2.50. The number of hydrogen-bond acceptors (Lipinski definition) is 0. The number of hydrogen-bond donors (Lipinski definition) is 0. The highest BCUT2D eigenvalue weighted by molar-refractivity contribution is 6.24. The van der Waals surface area contributed by atoms with Gasteiger partial charge in [0.25, 0.3) is 0 Å². The van der Waals surface area contributed by atoms with Crippen molar-refractivity contribution in [1.29, 1.82) is 0 Å². The summed E-state index contributed by atoms with van der Waals surface area (Å²) in [7, 11) is 0. The Hall–Kier alpha value is -8.32. The second-order valence-corrected chi connectivity index (χ2v) is 19.2. The lowest BCUT2D eigenvalue weighted by Gasteiger charge is -2.22. The molecule has 0 heteroatoms. The zero-order chi connectivity index (χ0) is 44.4. The first-order valence-corrected chi connectivity index (χ1v) is 23.6. The lowest BCUT2D eigenvalue weighted by molar-refractivity contribution is 0.660. The summed E-state index contributed by atoms with van der Waals surface area (Å²) >= 11 is 0. The molecule has 67 heavy (non-hydrogen) atoms. The van der Waals surface area contributed by atoms with Crippen LogP contribution in [0, 0.1) is 0 Å². The maximum Gasteiger partial charge on any atom is 0.0159 e. The third-order valence-electron chi connectivity index (χ3n) is 15.2. The predicted octanol–water partition coefficient (Wildman–Crippen LogP) is 18.7. The summed E-state index contributed by atoms with van der Waals surface area (Å²) < 4.78 is 0. The summed E-state index contributed by atoms with van der Waals surface area (Å²) in [5, 5.41) is 17.7. The van der Waals surface area contributed by atoms with E-state index in [-0.39, 0.29) is 5.41 Å². The van der Waals surface area contributed by atoms with Crippen molar-refractivity contribution < 1.29 is 0 Å². The Balaban J connectivity index is 0.911. The molecule has 0 atom stereocenters. The molecule has 0 nitrogen and oxygen atoms in total. The highest BCUT2D eigenvalue weighted by Gasteiger charge is 2.35. The first-order valence-electron chi connectivity index (χ1n) is 23.6. The minimum atomic E-state index is -0.0274. The van der Waals surface area contributed by atoms with Crippen molar-refractivity contribution in [2.45, 2.75) is 19.3 Å². The van der Waals surface area contributed by atoms with Gasteiger partial charge in [-0.05, 0) is 191 Å². The summed E-state index contributed by atoms with van der Waals surface area (Å²) in [4.78, 5) is 0. The summed E-state index contributed by atoms with van der Waals surface area (Å²) in [6.45, 7) is 4.71. The molecule has 0 spiro atoms. The van der Waals surface area contributed by atoms with Crippen molar-refractivity contribution in [3.05, 3.63) is 242 Å². The van der Waals surface area contributed by atoms with Crippen LogP contribution in [0.5, 0.6) is 0 Å². The van der Waals surface area contributed by atoms with Crippen LogP contribution in [0.3, 0.4) is 0 Å². The molecule has 0 unspecified atom stereocenters. The molecular weight excluding hydrogens is 805 g/mol. The van der Waals surface area contributed by atoms with Crippen LogP contribution in [-0.4, -0.2) is 0 Å². The van der Waals surface area contributed by atoms with E-state index in [4.69, 9.17) is 0 Å². The van der Waals surface area contributed by atoms with Crippen LogP contribution >= 0.6 is 0 Å². The molecule has 13 aromatic rings. The highest BCUT2D eigenvalue weighted by atomic mass is 14.4. The molecule has 13 aromatic carbocycles. The molecule has 0 saturated heterocycles. The van der Waals surface area contributed by atoms with Crippen molar-refractivity contribution in [3.8, 4) is 55.6 Å². The molecular formula is C67H44. The fourth-order valence-corrected chi connectivity index (χ4v) is 11.7. The standard InChI is InChI=1S/C67H44/c1-67(2)65-18-10-9-17-58(65)59-32-28-48(38-66(59)67)46-26-30-54-50(36-46)24-23-49-35-45(25-29-53(49)54)47-27-31-57-62(37-47)61(52-22-20-42-12-4-6-14-44(42)34-52)40-63-56-16-8-7-15-55(56)60(39-64(57)63)51-21-19-41-11-3-5-13-43(41)33-51/h3-40H,1-2H3. The summed E-state index contributed by atoms with van der Waals surface area (Å²) in [5.41, 5.74) is 15.4. The second-order valence-electron chi connectivity index (χ2n) is 19.2. The van der Waals surface area contributed by atoms with Crippen LogP contribution in [-0.2, 0) is 5.41 Å². The summed E-state index contributed by atoms with van der Waals surface area (Å²) in [6, 6.07) is 86.8. The van der Waals surface area contributed by atoms with E-state index >= 15 is 0 Å². The SMILES string of the molecule is CC1(C)c2ccccc2-c2ccc(-c3ccc4c(ccc5cc(-c6ccc7c(c6)c(-c6ccc8ccccc8c6)cc6c8ccccc8c(-c8ccc9ccccc9c8)cc76)ccc54)c3)cc21. The van der Waals surface area contributed by atoms with Crippen molar-refractivity contribution >= 4 is 75.4 Å². The van der Waals surface area contributed by atoms with E-state index in [1.807, 2.05) is 0 Å². The second kappa shape index (κ2) is 14.3. The molecule has 0 radical (unpaired) electrons. The van der Waals surface area contributed by atoms with E-state index < -0.39 is 0 Å². The molecule has 0 bridgehead atoms. The number of rotatable bonds is 4. The minimum Gasteiger partial charge on any atom is -0.0619 e. The third kappa shape index (κ3) is 5.86. The van der Waals surface area contributed by atoms with Crippen molar-refractivity contribution in [2.75, 3.05) is 0 Å². The van der Waals surface area contributed by atoms with Gasteiger partial charge in [-0.1, -0.05) is 196 Å². The topological polar surface area (TPSA) is 0 Å². The first-order chi connectivity index (χ1) is 32.9. The monoisotopic (exact) mass is 848 g/mol. The molecule has 14 rings (SSSR count). The molecule has 0 aliphatic heterocycles. The van der Waals surface area contributed by atoms with E-state index in [0.717, 1.165) is 0 Å². The maximum absolute atomic E-state index is 2.46. The first kappa shape index (κ1) is 38.0. The third-order valence-corrected chi connectivity index (χ3v) is 15.2. The van der Waals surface area contributed by atoms with Crippen LogP contribution in [0.2, 0.25) is 0 Å². The summed E-state index contributed by atoms with van der Waals surface area (Å²) in [6.07, 6.45) is 0. The van der Waals surface area contributed by atoms with Gasteiger partial charge in [0.2, 0.25) is 0 Å². The van der Waals surface area contributed by atoms with Crippen molar-refractivity contribution in [3.63, 3.8) is 0 Å². The minimum absolute atomic E-state index is 0.0274. The van der Waals surface area contributed by atoms with Crippen LogP contribution in [0.15, 0.2) is 231 Å². The zero-order valence-electron chi connectivity index (χ0n) is 37.4. The van der Waals surface area contributed by atoms with Crippen LogP contribution < -0.4 is 0 Å². The quantitative estimate of drug-likeness (QED) is 0.155. The predicted molar refractivity (Wildman–Crippen MR) is 288 cm³/mol. The van der Waals surface area contributed by atoms with E-state index in [2.05, 4.69) is 244 Å². The van der Waals surface area contributed by atoms with E-state index in [1.54, 1.807) is 0 Å². The molecule has 1 aliphatic carbocycles. The zero-order valence-corrected chi connectivity index (χ0v) is 37.4. The smallest absolute Gasteiger partial charge is 0.0159 e. The van der Waals surface area contributed by atoms with Gasteiger partial charge in [0.05, 0.1) is 0 Å². The molecule has 0 aromatic heterocycles. The Morgan fingerprint density at radius 3 is 1.27 bits per heavy atom. The molecule has 0 N–H and O–H groups in total. The van der Waals surface area contributed by atoms with Gasteiger partial charge < -0.3 is 0 Å². The Kier molecular flexibility index (Phi) is 8.13. The largest absolute Gasteiger partial charge is 0.0619 e. The maximum atomic E-state index is 2.46. The van der Waals surface area contributed by atoms with E-state index in [1.165, 1.54) is 142 Å². The average molecular weight is 849 g/mol. The van der Waals surface area contributed by atoms with Crippen LogP contribution in [0.1, 0.15) is 25.0 Å². The van der Waals surface area contributed by atoms with Gasteiger partial charge >= 0.3 is 0 Å². The lowest BCUT2D eigenvalue weighted by atomic mass is 9.81. The van der Waals surface area contributed by atoms with Crippen LogP contribution in [0.25, 0.3) is 131 Å². The molecule has 0 fully saturated rings. The van der Waals surface area contributed by atoms with Crippen molar-refractivity contribution in [2.24, 2.45) is 0 Å². The number of benzene rings is 13. The Morgan fingerprint density at radius 2 is 0.627 bits per heavy atom. The van der Waals surface area contributed by atoms with Crippen molar-refractivity contribution in [1.82, 2.24) is 0 Å². The van der Waals surface area contributed by atoms with E-state index in [0.29, 0.717) is 0 Å². The number of fused-ring (bicyclic) bond motifs is 13. The molecule has 0 amide bonds. The molecule has 1 aliphatic rings. The van der Waals surface area contributed by atoms with Crippen LogP contribution in [0.4, 0.5) is 0 Å². The van der Waals surface area contributed by atoms with Gasteiger partial charge in [-0.15, -0.1) is 0 Å². The summed E-state index contributed by atoms with van der Waals surface area (Å²) in [5.74, 6) is 0. The van der Waals surface area contributed by atoms with Gasteiger partial charge in [0, 0.05) is 5.41 Å². The Bertz CT molecular complexity index is 4240.